The van der Waals surface area contributed by atoms with Crippen molar-refractivity contribution in [3.05, 3.63) is 29.3 Å². The number of carbonyl (C=O) groups is 2. The molecule has 0 aromatic heterocycles. The molecule has 0 spiro atoms. The number of carboxylic acids is 1. The highest BCUT2D eigenvalue weighted by molar-refractivity contribution is 5.88. The first-order chi connectivity index (χ1) is 8.56. The van der Waals surface area contributed by atoms with Crippen molar-refractivity contribution in [1.82, 2.24) is 5.32 Å². The van der Waals surface area contributed by atoms with Gasteiger partial charge in [-0.1, -0.05) is 6.07 Å². The molecule has 1 atom stereocenters. The van der Waals surface area contributed by atoms with E-state index in [0.717, 1.165) is 12.0 Å². The zero-order chi connectivity index (χ0) is 13.1. The lowest BCUT2D eigenvalue weighted by Crippen LogP contribution is -2.31. The van der Waals surface area contributed by atoms with Crippen LogP contribution in [0.5, 0.6) is 5.75 Å². The van der Waals surface area contributed by atoms with Gasteiger partial charge in [-0.2, -0.15) is 0 Å². The lowest BCUT2D eigenvalue weighted by atomic mass is 10.1. The third-order valence-electron chi connectivity index (χ3n) is 2.96. The predicted octanol–water partition coefficient (Wildman–Crippen LogP) is 1.35. The summed E-state index contributed by atoms with van der Waals surface area (Å²) < 4.78 is 5.58. The number of rotatable bonds is 4. The minimum atomic E-state index is -0.978. The van der Waals surface area contributed by atoms with E-state index in [2.05, 4.69) is 5.32 Å². The van der Waals surface area contributed by atoms with E-state index in [1.165, 1.54) is 6.07 Å². The molecule has 1 aromatic rings. The predicted molar refractivity (Wildman–Crippen MR) is 64.8 cm³/mol. The molecule has 18 heavy (non-hydrogen) atoms. The molecule has 0 radical (unpaired) electrons. The SMILES string of the molecule is Cc1ccc(C(=O)O)cc1OCC1CCC(=O)N1. The minimum Gasteiger partial charge on any atom is -0.491 e. The first-order valence-corrected chi connectivity index (χ1v) is 5.82. The summed E-state index contributed by atoms with van der Waals surface area (Å²) >= 11 is 0. The van der Waals surface area contributed by atoms with Gasteiger partial charge in [-0.05, 0) is 31.0 Å². The Morgan fingerprint density at radius 2 is 2.33 bits per heavy atom. The van der Waals surface area contributed by atoms with Gasteiger partial charge >= 0.3 is 5.97 Å². The molecule has 5 heteroatoms. The van der Waals surface area contributed by atoms with Crippen LogP contribution in [-0.2, 0) is 4.79 Å². The summed E-state index contributed by atoms with van der Waals surface area (Å²) in [6.45, 7) is 2.23. The molecule has 1 aliphatic heterocycles. The Balaban J connectivity index is 2.02. The molecule has 2 rings (SSSR count). The van der Waals surface area contributed by atoms with Crippen molar-refractivity contribution in [1.29, 1.82) is 0 Å². The Morgan fingerprint density at radius 1 is 1.56 bits per heavy atom. The highest BCUT2D eigenvalue weighted by Gasteiger charge is 2.21. The summed E-state index contributed by atoms with van der Waals surface area (Å²) in [7, 11) is 0. The molecule has 1 fully saturated rings. The number of aryl methyl sites for hydroxylation is 1. The fraction of sp³-hybridized carbons (Fsp3) is 0.385. The summed E-state index contributed by atoms with van der Waals surface area (Å²) in [5.74, 6) is -0.385. The van der Waals surface area contributed by atoms with E-state index in [1.54, 1.807) is 12.1 Å². The summed E-state index contributed by atoms with van der Waals surface area (Å²) in [5, 5.41) is 11.7. The van der Waals surface area contributed by atoms with Gasteiger partial charge < -0.3 is 15.2 Å². The van der Waals surface area contributed by atoms with E-state index in [9.17, 15) is 9.59 Å². The molecule has 1 aliphatic rings. The van der Waals surface area contributed by atoms with Gasteiger partial charge in [0.1, 0.15) is 12.4 Å². The maximum Gasteiger partial charge on any atom is 0.335 e. The zero-order valence-electron chi connectivity index (χ0n) is 10.1. The Bertz CT molecular complexity index is 484. The molecule has 96 valence electrons. The second-order valence-electron chi connectivity index (χ2n) is 4.40. The fourth-order valence-electron chi connectivity index (χ4n) is 1.88. The average Bonchev–Trinajstić information content (AvgIpc) is 2.74. The van der Waals surface area contributed by atoms with Crippen LogP contribution in [0.3, 0.4) is 0 Å². The number of nitrogens with one attached hydrogen (secondary N) is 1. The first-order valence-electron chi connectivity index (χ1n) is 5.82. The van der Waals surface area contributed by atoms with Crippen molar-refractivity contribution in [3.63, 3.8) is 0 Å². The van der Waals surface area contributed by atoms with Crippen molar-refractivity contribution in [2.45, 2.75) is 25.8 Å². The highest BCUT2D eigenvalue weighted by atomic mass is 16.5. The van der Waals surface area contributed by atoms with Gasteiger partial charge in [0.05, 0.1) is 11.6 Å². The molecule has 0 aliphatic carbocycles. The first kappa shape index (κ1) is 12.4. The molecule has 2 N–H and O–H groups in total. The standard InChI is InChI=1S/C13H15NO4/c1-8-2-3-9(13(16)17)6-11(8)18-7-10-4-5-12(15)14-10/h2-3,6,10H,4-5,7H2,1H3,(H,14,15)(H,16,17). The van der Waals surface area contributed by atoms with Gasteiger partial charge in [0.25, 0.3) is 0 Å². The number of ether oxygens (including phenoxy) is 1. The van der Waals surface area contributed by atoms with Crippen LogP contribution in [0.15, 0.2) is 18.2 Å². The van der Waals surface area contributed by atoms with Gasteiger partial charge in [-0.3, -0.25) is 4.79 Å². The van der Waals surface area contributed by atoms with Crippen molar-refractivity contribution < 1.29 is 19.4 Å². The largest absolute Gasteiger partial charge is 0.491 e. The number of aromatic carboxylic acids is 1. The smallest absolute Gasteiger partial charge is 0.335 e. The Kier molecular flexibility index (Phi) is 3.50. The molecule has 1 saturated heterocycles. The van der Waals surface area contributed by atoms with E-state index < -0.39 is 5.97 Å². The second-order valence-corrected chi connectivity index (χ2v) is 4.40. The maximum atomic E-state index is 11.0. The number of carboxylic acid groups (broad SMARTS) is 1. The number of hydrogen-bond acceptors (Lipinski definition) is 3. The molecular formula is C13H15NO4. The summed E-state index contributed by atoms with van der Waals surface area (Å²) in [6, 6.07) is 4.79. The molecule has 1 heterocycles. The third-order valence-corrected chi connectivity index (χ3v) is 2.96. The van der Waals surface area contributed by atoms with Crippen molar-refractivity contribution in [3.8, 4) is 5.75 Å². The molecule has 5 nitrogen and oxygen atoms in total. The number of benzene rings is 1. The monoisotopic (exact) mass is 249 g/mol. The third kappa shape index (κ3) is 2.80. The average molecular weight is 249 g/mol. The zero-order valence-corrected chi connectivity index (χ0v) is 10.1. The molecule has 1 unspecified atom stereocenters. The summed E-state index contributed by atoms with van der Waals surface area (Å²) in [5.41, 5.74) is 1.08. The molecular weight excluding hydrogens is 234 g/mol. The Labute approximate surface area is 105 Å². The van der Waals surface area contributed by atoms with Crippen molar-refractivity contribution in [2.75, 3.05) is 6.61 Å². The lowest BCUT2D eigenvalue weighted by Gasteiger charge is -2.14. The van der Waals surface area contributed by atoms with Crippen LogP contribution < -0.4 is 10.1 Å². The number of amides is 1. The van der Waals surface area contributed by atoms with Crippen LogP contribution in [0.1, 0.15) is 28.8 Å². The van der Waals surface area contributed by atoms with Gasteiger partial charge in [-0.25, -0.2) is 4.79 Å². The summed E-state index contributed by atoms with van der Waals surface area (Å²) in [6.07, 6.45) is 1.29. The van der Waals surface area contributed by atoms with E-state index in [1.807, 2.05) is 6.92 Å². The van der Waals surface area contributed by atoms with Gasteiger partial charge in [-0.15, -0.1) is 0 Å². The van der Waals surface area contributed by atoms with E-state index in [0.29, 0.717) is 18.8 Å². The molecule has 0 saturated carbocycles. The maximum absolute atomic E-state index is 11.0. The second kappa shape index (κ2) is 5.08. The van der Waals surface area contributed by atoms with Crippen LogP contribution in [0.4, 0.5) is 0 Å². The quantitative estimate of drug-likeness (QED) is 0.844. The van der Waals surface area contributed by atoms with Crippen LogP contribution in [0, 0.1) is 6.92 Å². The van der Waals surface area contributed by atoms with Crippen LogP contribution in [-0.4, -0.2) is 29.6 Å². The molecule has 0 bridgehead atoms. The van der Waals surface area contributed by atoms with E-state index in [4.69, 9.17) is 9.84 Å². The topological polar surface area (TPSA) is 75.6 Å². The van der Waals surface area contributed by atoms with Crippen LogP contribution >= 0.6 is 0 Å². The normalized spacial score (nSPS) is 18.5. The van der Waals surface area contributed by atoms with Gasteiger partial charge in [0.15, 0.2) is 0 Å². The van der Waals surface area contributed by atoms with Gasteiger partial charge in [0.2, 0.25) is 5.91 Å². The van der Waals surface area contributed by atoms with E-state index >= 15 is 0 Å². The van der Waals surface area contributed by atoms with Crippen LogP contribution in [0.2, 0.25) is 0 Å². The Morgan fingerprint density at radius 3 is 2.94 bits per heavy atom. The Hall–Kier alpha value is -2.04. The van der Waals surface area contributed by atoms with Crippen molar-refractivity contribution in [2.24, 2.45) is 0 Å². The van der Waals surface area contributed by atoms with E-state index in [-0.39, 0.29) is 17.5 Å². The lowest BCUT2D eigenvalue weighted by molar-refractivity contribution is -0.119. The highest BCUT2D eigenvalue weighted by Crippen LogP contribution is 2.20. The number of carbonyl (C=O) groups excluding carboxylic acids is 1. The minimum absolute atomic E-state index is 0.0189. The fourth-order valence-corrected chi connectivity index (χ4v) is 1.88. The summed E-state index contributed by atoms with van der Waals surface area (Å²) in [4.78, 5) is 21.9. The molecule has 1 amide bonds. The number of hydrogen-bond donors (Lipinski definition) is 2. The molecule has 1 aromatic carbocycles. The van der Waals surface area contributed by atoms with Crippen LogP contribution in [0.25, 0.3) is 0 Å². The van der Waals surface area contributed by atoms with Crippen molar-refractivity contribution >= 4 is 11.9 Å². The van der Waals surface area contributed by atoms with Gasteiger partial charge in [0, 0.05) is 6.42 Å².